The van der Waals surface area contributed by atoms with E-state index in [9.17, 15) is 13.2 Å². The molecule has 2 aliphatic rings. The summed E-state index contributed by atoms with van der Waals surface area (Å²) in [4.78, 5) is 7.36. The Balaban J connectivity index is 1.60. The predicted molar refractivity (Wildman–Crippen MR) is 127 cm³/mol. The summed E-state index contributed by atoms with van der Waals surface area (Å²) in [6.07, 6.45) is -2.45. The Morgan fingerprint density at radius 2 is 1.92 bits per heavy atom. The number of amidine groups is 1. The SMILES string of the molecule is COc1cc(-c2c(C)noc2C)ccc1C1(N)NC(=NC2CCOCC2)c2c(C(F)(F)F)c[nH]c2N1. The average Bonchev–Trinajstić information content (AvgIpc) is 3.42. The van der Waals surface area contributed by atoms with Gasteiger partial charge in [0.05, 0.1) is 35.5 Å². The molecule has 12 heteroatoms. The van der Waals surface area contributed by atoms with Crippen LogP contribution in [0.25, 0.3) is 11.1 Å². The van der Waals surface area contributed by atoms with Crippen LogP contribution in [-0.2, 0) is 16.7 Å². The lowest BCUT2D eigenvalue weighted by atomic mass is 9.97. The molecule has 192 valence electrons. The third-order valence-corrected chi connectivity index (χ3v) is 6.51. The zero-order valence-electron chi connectivity index (χ0n) is 20.0. The predicted octanol–water partition coefficient (Wildman–Crippen LogP) is 4.02. The molecule has 0 radical (unpaired) electrons. The zero-order chi connectivity index (χ0) is 25.7. The summed E-state index contributed by atoms with van der Waals surface area (Å²) in [7, 11) is 1.50. The number of hydrogen-bond acceptors (Lipinski definition) is 7. The van der Waals surface area contributed by atoms with Gasteiger partial charge < -0.3 is 29.6 Å². The van der Waals surface area contributed by atoms with Gasteiger partial charge in [0.1, 0.15) is 23.2 Å². The first-order chi connectivity index (χ1) is 17.1. The topological polar surface area (TPSA) is 123 Å². The highest BCUT2D eigenvalue weighted by atomic mass is 19.4. The fourth-order valence-corrected chi connectivity index (χ4v) is 4.77. The number of methoxy groups -OCH3 is 1. The molecule has 2 aromatic heterocycles. The summed E-state index contributed by atoms with van der Waals surface area (Å²) >= 11 is 0. The fourth-order valence-electron chi connectivity index (χ4n) is 4.77. The van der Waals surface area contributed by atoms with E-state index in [1.54, 1.807) is 12.1 Å². The minimum absolute atomic E-state index is 0.0589. The van der Waals surface area contributed by atoms with Crippen LogP contribution >= 0.6 is 0 Å². The molecule has 0 spiro atoms. The lowest BCUT2D eigenvalue weighted by molar-refractivity contribution is -0.137. The number of aromatic nitrogens is 2. The van der Waals surface area contributed by atoms with Crippen LogP contribution in [0, 0.1) is 13.8 Å². The lowest BCUT2D eigenvalue weighted by Crippen LogP contribution is -2.62. The van der Waals surface area contributed by atoms with Crippen molar-refractivity contribution in [3.63, 3.8) is 0 Å². The van der Waals surface area contributed by atoms with Crippen LogP contribution in [0.5, 0.6) is 5.75 Å². The van der Waals surface area contributed by atoms with Crippen molar-refractivity contribution in [3.05, 3.63) is 52.5 Å². The number of H-pyrrole nitrogens is 1. The first-order valence-corrected chi connectivity index (χ1v) is 11.5. The van der Waals surface area contributed by atoms with E-state index in [4.69, 9.17) is 19.7 Å². The summed E-state index contributed by atoms with van der Waals surface area (Å²) in [5.74, 6) is -0.269. The first kappa shape index (κ1) is 24.2. The van der Waals surface area contributed by atoms with Crippen LogP contribution in [-0.4, -0.2) is 42.3 Å². The van der Waals surface area contributed by atoms with E-state index >= 15 is 0 Å². The number of benzene rings is 1. The standard InChI is InChI=1S/C24H27F3N6O3/c1-12-19(13(2)36-33-12)14-4-5-16(18(10-14)34-3)24(28)31-21-20(17(11-29-21)23(25,26)27)22(32-24)30-15-6-8-35-9-7-15/h4-5,10-11,15,29,31H,6-9,28H2,1-3H3,(H,30,32). The van der Waals surface area contributed by atoms with Gasteiger partial charge in [-0.25, -0.2) is 0 Å². The van der Waals surface area contributed by atoms with Crippen LogP contribution in [0.2, 0.25) is 0 Å². The van der Waals surface area contributed by atoms with E-state index in [0.29, 0.717) is 43.1 Å². The van der Waals surface area contributed by atoms with Gasteiger partial charge in [0.2, 0.25) is 0 Å². The molecule has 1 unspecified atom stereocenters. The molecule has 1 aromatic carbocycles. The van der Waals surface area contributed by atoms with Crippen LogP contribution in [0.1, 0.15) is 41.0 Å². The number of aliphatic imine (C=N–C) groups is 1. The van der Waals surface area contributed by atoms with Gasteiger partial charge in [-0.2, -0.15) is 13.2 Å². The van der Waals surface area contributed by atoms with Crippen LogP contribution in [0.15, 0.2) is 33.9 Å². The number of alkyl halides is 3. The molecule has 0 bridgehead atoms. The Labute approximate surface area is 205 Å². The van der Waals surface area contributed by atoms with Gasteiger partial charge in [-0.05, 0) is 44.4 Å². The maximum absolute atomic E-state index is 13.8. The van der Waals surface area contributed by atoms with Crippen LogP contribution in [0.4, 0.5) is 19.0 Å². The van der Waals surface area contributed by atoms with E-state index < -0.39 is 17.5 Å². The van der Waals surface area contributed by atoms with E-state index in [-0.39, 0.29) is 23.3 Å². The third kappa shape index (κ3) is 4.20. The molecule has 0 amide bonds. The van der Waals surface area contributed by atoms with Crippen molar-refractivity contribution < 1.29 is 27.2 Å². The van der Waals surface area contributed by atoms with Gasteiger partial charge >= 0.3 is 6.18 Å². The minimum atomic E-state index is -4.58. The van der Waals surface area contributed by atoms with Gasteiger partial charge in [-0.1, -0.05) is 11.2 Å². The van der Waals surface area contributed by atoms with Gasteiger partial charge in [-0.3, -0.25) is 10.7 Å². The molecule has 36 heavy (non-hydrogen) atoms. The highest BCUT2D eigenvalue weighted by Crippen LogP contribution is 2.41. The molecule has 9 nitrogen and oxygen atoms in total. The maximum atomic E-state index is 13.8. The number of aromatic amines is 1. The third-order valence-electron chi connectivity index (χ3n) is 6.51. The minimum Gasteiger partial charge on any atom is -0.496 e. The highest BCUT2D eigenvalue weighted by Gasteiger charge is 2.44. The fraction of sp³-hybridized carbons (Fsp3) is 0.417. The second-order valence-corrected chi connectivity index (χ2v) is 8.94. The molecule has 5 rings (SSSR count). The largest absolute Gasteiger partial charge is 0.496 e. The quantitative estimate of drug-likeness (QED) is 0.423. The number of fused-ring (bicyclic) bond motifs is 1. The summed E-state index contributed by atoms with van der Waals surface area (Å²) in [6.45, 7) is 4.65. The molecule has 1 atom stereocenters. The molecule has 1 saturated heterocycles. The molecule has 1 fully saturated rings. The number of halogens is 3. The smallest absolute Gasteiger partial charge is 0.418 e. The number of aryl methyl sites for hydroxylation is 2. The molecule has 3 aromatic rings. The van der Waals surface area contributed by atoms with Gasteiger partial charge in [0, 0.05) is 25.0 Å². The number of anilines is 1. The number of nitrogens with zero attached hydrogens (tertiary/aromatic N) is 2. The van der Waals surface area contributed by atoms with Gasteiger partial charge in [0.15, 0.2) is 5.79 Å². The van der Waals surface area contributed by atoms with Crippen molar-refractivity contribution in [3.8, 4) is 16.9 Å². The molecule has 2 aliphatic heterocycles. The van der Waals surface area contributed by atoms with E-state index in [1.807, 2.05) is 19.9 Å². The van der Waals surface area contributed by atoms with E-state index in [1.165, 1.54) is 7.11 Å². The molecular weight excluding hydrogens is 477 g/mol. The monoisotopic (exact) mass is 504 g/mol. The molecule has 0 saturated carbocycles. The summed E-state index contributed by atoms with van der Waals surface area (Å²) < 4.78 is 57.8. The average molecular weight is 505 g/mol. The van der Waals surface area contributed by atoms with E-state index in [0.717, 1.165) is 23.0 Å². The maximum Gasteiger partial charge on any atom is 0.418 e. The zero-order valence-corrected chi connectivity index (χ0v) is 20.0. The van der Waals surface area contributed by atoms with Crippen molar-refractivity contribution in [2.24, 2.45) is 10.7 Å². The lowest BCUT2D eigenvalue weighted by Gasteiger charge is -2.39. The Bertz CT molecular complexity index is 1290. The number of ether oxygens (including phenoxy) is 2. The number of rotatable bonds is 4. The van der Waals surface area contributed by atoms with Gasteiger partial charge in [0.25, 0.3) is 0 Å². The summed E-state index contributed by atoms with van der Waals surface area (Å²) in [5.41, 5.74) is 8.69. The van der Waals surface area contributed by atoms with Crippen molar-refractivity contribution in [2.75, 3.05) is 25.6 Å². The van der Waals surface area contributed by atoms with Crippen molar-refractivity contribution >= 4 is 11.7 Å². The van der Waals surface area contributed by atoms with Crippen LogP contribution < -0.4 is 21.1 Å². The molecular formula is C24H27F3N6O3. The van der Waals surface area contributed by atoms with Crippen molar-refractivity contribution in [2.45, 2.75) is 44.7 Å². The first-order valence-electron chi connectivity index (χ1n) is 11.5. The van der Waals surface area contributed by atoms with Crippen molar-refractivity contribution in [1.29, 1.82) is 0 Å². The Kier molecular flexibility index (Phi) is 5.95. The van der Waals surface area contributed by atoms with Crippen molar-refractivity contribution in [1.82, 2.24) is 15.5 Å². The van der Waals surface area contributed by atoms with Crippen LogP contribution in [0.3, 0.4) is 0 Å². The Morgan fingerprint density at radius 1 is 1.17 bits per heavy atom. The summed E-state index contributed by atoms with van der Waals surface area (Å²) in [5, 5.41) is 10.0. The molecule has 4 heterocycles. The second-order valence-electron chi connectivity index (χ2n) is 8.94. The van der Waals surface area contributed by atoms with Gasteiger partial charge in [-0.15, -0.1) is 0 Å². The number of nitrogens with one attached hydrogen (secondary N) is 3. The Morgan fingerprint density at radius 3 is 2.56 bits per heavy atom. The molecule has 5 N–H and O–H groups in total. The van der Waals surface area contributed by atoms with E-state index in [2.05, 4.69) is 25.8 Å². The number of nitrogens with two attached hydrogens (primary N) is 1. The highest BCUT2D eigenvalue weighted by molar-refractivity contribution is 6.07. The normalized spacial score (nSPS) is 21.7. The molecule has 0 aliphatic carbocycles. The Hall–Kier alpha value is -3.51. The second kappa shape index (κ2) is 8.86. The summed E-state index contributed by atoms with van der Waals surface area (Å²) in [6, 6.07) is 5.19. The number of hydrogen-bond donors (Lipinski definition) is 4.